The molecule has 4 aromatic carbocycles. The number of amides is 2. The maximum absolute atomic E-state index is 14.3. The molecule has 83 heavy (non-hydrogen) atoms. The van der Waals surface area contributed by atoms with Crippen LogP contribution in [0.4, 0.5) is 11.4 Å². The number of hydrogen-bond donors (Lipinski definition) is 2. The van der Waals surface area contributed by atoms with Gasteiger partial charge in [0.1, 0.15) is 60.7 Å². The maximum Gasteiger partial charge on any atom is 0.340 e. The Morgan fingerprint density at radius 3 is 1.90 bits per heavy atom. The lowest BCUT2D eigenvalue weighted by Gasteiger charge is -2.36. The van der Waals surface area contributed by atoms with E-state index in [1.807, 2.05) is 0 Å². The van der Waals surface area contributed by atoms with E-state index >= 15 is 0 Å². The van der Waals surface area contributed by atoms with Gasteiger partial charge in [-0.2, -0.15) is 0 Å². The van der Waals surface area contributed by atoms with E-state index in [0.29, 0.717) is 42.4 Å². The summed E-state index contributed by atoms with van der Waals surface area (Å²) in [4.78, 5) is 115. The highest BCUT2D eigenvalue weighted by molar-refractivity contribution is 6.17. The predicted octanol–water partition coefficient (Wildman–Crippen LogP) is 5.41. The van der Waals surface area contributed by atoms with Gasteiger partial charge in [-0.3, -0.25) is 38.4 Å². The fourth-order valence-corrected chi connectivity index (χ4v) is 8.71. The highest BCUT2D eigenvalue weighted by Crippen LogP contribution is 2.57. The zero-order chi connectivity index (χ0) is 59.5. The molecule has 1 spiro atoms. The maximum atomic E-state index is 14.3. The highest BCUT2D eigenvalue weighted by Gasteiger charge is 2.54. The van der Waals surface area contributed by atoms with E-state index in [9.17, 15) is 43.2 Å². The van der Waals surface area contributed by atoms with Crippen molar-refractivity contribution in [2.45, 2.75) is 72.1 Å². The minimum atomic E-state index is -1.64. The van der Waals surface area contributed by atoms with Crippen LogP contribution in [0.2, 0.25) is 0 Å². The average Bonchev–Trinajstić information content (AvgIpc) is 1.79. The van der Waals surface area contributed by atoms with E-state index in [0.717, 1.165) is 44.4 Å². The van der Waals surface area contributed by atoms with Gasteiger partial charge >= 0.3 is 41.8 Å². The van der Waals surface area contributed by atoms with E-state index in [2.05, 4.69) is 20.9 Å². The third-order valence-electron chi connectivity index (χ3n) is 12.1. The van der Waals surface area contributed by atoms with Crippen LogP contribution in [-0.2, 0) is 85.5 Å². The molecule has 7 rings (SSSR count). The number of benzene rings is 4. The van der Waals surface area contributed by atoms with Gasteiger partial charge in [-0.1, -0.05) is 24.1 Å². The van der Waals surface area contributed by atoms with Crippen LogP contribution in [0, 0.1) is 0 Å². The summed E-state index contributed by atoms with van der Waals surface area (Å²) in [5.41, 5.74) is -0.158. The zero-order valence-electron chi connectivity index (χ0n) is 45.7. The smallest absolute Gasteiger partial charge is 0.340 e. The molecule has 1 aromatic heterocycles. The molecule has 27 heteroatoms. The van der Waals surface area contributed by atoms with Crippen molar-refractivity contribution in [2.24, 2.45) is 0 Å². The summed E-state index contributed by atoms with van der Waals surface area (Å²) >= 11 is 5.71. The monoisotopic (exact) mass is 1170 g/mol. The summed E-state index contributed by atoms with van der Waals surface area (Å²) in [6, 6.07) is 17.6. The highest BCUT2D eigenvalue weighted by atomic mass is 35.5. The number of ether oxygens (including phenoxy) is 11. The summed E-state index contributed by atoms with van der Waals surface area (Å²) in [5.74, 6) is -5.35. The van der Waals surface area contributed by atoms with Crippen LogP contribution in [0.1, 0.15) is 96.5 Å². The lowest BCUT2D eigenvalue weighted by molar-refractivity contribution is -0.165. The quantitative estimate of drug-likeness (QED) is 0.0145. The fraction of sp³-hybridized carbons (Fsp3) is 0.375. The SMILES string of the molecule is CC(=O)OCOC(=O)CN(CC(=O)OCOC(C)=O)c1ccc(C(=O)Nc2ccc3c(c2)C(=O)OC32c3ccc(OC(C)=O)cc3Oc3cc(OC(C)=O)ccc32)cc1OCc1cn(CC(=O)NCCOCCOCCCCCCCl)nn1. The first-order chi connectivity index (χ1) is 39.9. The molecule has 5 aromatic rings. The van der Waals surface area contributed by atoms with E-state index in [1.54, 1.807) is 18.2 Å². The van der Waals surface area contributed by atoms with Crippen molar-refractivity contribution in [3.8, 4) is 28.7 Å². The Morgan fingerprint density at radius 1 is 0.675 bits per heavy atom. The molecule has 0 fully saturated rings. The van der Waals surface area contributed by atoms with Gasteiger partial charge in [0.2, 0.25) is 19.5 Å². The number of halogens is 1. The Hall–Kier alpha value is -9.14. The molecule has 0 atom stereocenters. The first-order valence-electron chi connectivity index (χ1n) is 25.9. The Morgan fingerprint density at radius 2 is 1.29 bits per heavy atom. The van der Waals surface area contributed by atoms with Crippen LogP contribution in [-0.4, -0.2) is 134 Å². The second-order valence-electron chi connectivity index (χ2n) is 18.3. The summed E-state index contributed by atoms with van der Waals surface area (Å²) in [6.07, 6.45) is 5.47. The van der Waals surface area contributed by atoms with Crippen LogP contribution < -0.4 is 34.5 Å². The Bertz CT molecular complexity index is 3120. The van der Waals surface area contributed by atoms with Gasteiger partial charge in [-0.15, -0.1) is 16.7 Å². The van der Waals surface area contributed by atoms with Gasteiger partial charge in [0.15, 0.2) is 5.60 Å². The molecule has 2 amide bonds. The molecule has 26 nitrogen and oxygen atoms in total. The predicted molar refractivity (Wildman–Crippen MR) is 288 cm³/mol. The molecular formula is C56H59ClN6O20. The number of anilines is 2. The van der Waals surface area contributed by atoms with Crippen LogP contribution in [0.5, 0.6) is 28.7 Å². The summed E-state index contributed by atoms with van der Waals surface area (Å²) < 4.78 is 61.3. The van der Waals surface area contributed by atoms with Crippen molar-refractivity contribution >= 4 is 76.6 Å². The van der Waals surface area contributed by atoms with E-state index in [-0.39, 0.29) is 89.2 Å². The average molecular weight is 1170 g/mol. The molecule has 0 saturated heterocycles. The molecule has 0 unspecified atom stereocenters. The third-order valence-corrected chi connectivity index (χ3v) is 12.3. The topological polar surface area (TPSA) is 313 Å². The van der Waals surface area contributed by atoms with E-state index < -0.39 is 80.0 Å². The van der Waals surface area contributed by atoms with Crippen LogP contribution >= 0.6 is 11.6 Å². The molecule has 3 heterocycles. The lowest BCUT2D eigenvalue weighted by atomic mass is 9.77. The number of hydrogen-bond acceptors (Lipinski definition) is 23. The molecule has 440 valence electrons. The number of carbonyl (C=O) groups excluding carboxylic acids is 9. The van der Waals surface area contributed by atoms with Gasteiger partial charge < -0.3 is 67.6 Å². The summed E-state index contributed by atoms with van der Waals surface area (Å²) in [6.45, 7) is 3.15. The largest absolute Gasteiger partial charge is 0.485 e. The minimum absolute atomic E-state index is 0.0247. The Labute approximate surface area is 479 Å². The van der Waals surface area contributed by atoms with Crippen molar-refractivity contribution in [3.63, 3.8) is 0 Å². The van der Waals surface area contributed by atoms with Crippen LogP contribution in [0.3, 0.4) is 0 Å². The fourth-order valence-electron chi connectivity index (χ4n) is 8.52. The Balaban J connectivity index is 1.11. The molecular weight excluding hydrogens is 1110 g/mol. The molecule has 2 aliphatic heterocycles. The van der Waals surface area contributed by atoms with Gasteiger partial charge in [0.25, 0.3) is 5.91 Å². The third kappa shape index (κ3) is 17.2. The summed E-state index contributed by atoms with van der Waals surface area (Å²) in [7, 11) is 0. The number of carbonyl (C=O) groups is 9. The second-order valence-corrected chi connectivity index (χ2v) is 18.7. The molecule has 2 N–H and O–H groups in total. The number of alkyl halides is 1. The molecule has 0 radical (unpaired) electrons. The van der Waals surface area contributed by atoms with Gasteiger partial charge in [-0.25, -0.2) is 9.48 Å². The van der Waals surface area contributed by atoms with Crippen molar-refractivity contribution < 1.29 is 95.3 Å². The number of unbranched alkanes of at least 4 members (excludes halogenated alkanes) is 3. The van der Waals surface area contributed by atoms with Crippen molar-refractivity contribution in [2.75, 3.05) is 75.7 Å². The van der Waals surface area contributed by atoms with Crippen molar-refractivity contribution in [1.29, 1.82) is 0 Å². The number of fused-ring (bicyclic) bond motifs is 6. The number of nitrogens with zero attached hydrogens (tertiary/aromatic N) is 4. The van der Waals surface area contributed by atoms with Gasteiger partial charge in [-0.05, 0) is 67.4 Å². The number of rotatable bonds is 30. The van der Waals surface area contributed by atoms with Crippen LogP contribution in [0.15, 0.2) is 79.0 Å². The van der Waals surface area contributed by atoms with Crippen molar-refractivity contribution in [1.82, 2.24) is 20.3 Å². The normalized spacial score (nSPS) is 12.3. The minimum Gasteiger partial charge on any atom is -0.485 e. The van der Waals surface area contributed by atoms with Crippen LogP contribution in [0.25, 0.3) is 0 Å². The van der Waals surface area contributed by atoms with E-state index in [1.165, 1.54) is 79.3 Å². The molecule has 0 saturated carbocycles. The zero-order valence-corrected chi connectivity index (χ0v) is 46.4. The number of esters is 7. The second kappa shape index (κ2) is 29.5. The first kappa shape index (κ1) is 61.5. The molecule has 0 bridgehead atoms. The number of nitrogens with one attached hydrogen (secondary N) is 2. The first-order valence-corrected chi connectivity index (χ1v) is 26.5. The van der Waals surface area contributed by atoms with Gasteiger partial charge in [0.05, 0.1) is 37.3 Å². The van der Waals surface area contributed by atoms with Crippen molar-refractivity contribution in [3.05, 3.63) is 113 Å². The molecule has 2 aliphatic rings. The lowest BCUT2D eigenvalue weighted by Crippen LogP contribution is -2.37. The van der Waals surface area contributed by atoms with E-state index in [4.69, 9.17) is 63.7 Å². The standard InChI is InChI=1S/C56H59ClN6O20/c1-34(64)76-32-78-52(69)29-62(30-53(70)79-33-77-35(2)65)47-16-9-38(23-50(47)75-31-40-27-63(61-60-40)28-51(68)58-18-20-74-22-21-73-19-8-6-5-7-17-57)54(71)59-39-10-13-44-43(24-39)55(72)83-56(44)45-14-11-41(80-36(3)66)25-48(45)82-49-26-42(81-37(4)67)12-15-46(49)56/h9-16,23-27H,5-8,17-22,28-33H2,1-4H3,(H,58,68)(H,59,71). The number of aromatic nitrogens is 3. The molecule has 0 aliphatic carbocycles. The summed E-state index contributed by atoms with van der Waals surface area (Å²) in [5, 5.41) is 13.7. The van der Waals surface area contributed by atoms with Gasteiger partial charge in [0, 0.05) is 86.8 Å². The Kier molecular flexibility index (Phi) is 21.9.